The number of halogens is 1. The van der Waals surface area contributed by atoms with Crippen molar-refractivity contribution in [1.82, 2.24) is 25.4 Å². The molecule has 7 nitrogen and oxygen atoms in total. The summed E-state index contributed by atoms with van der Waals surface area (Å²) in [5, 5.41) is 26.8. The van der Waals surface area contributed by atoms with Crippen LogP contribution in [0.1, 0.15) is 69.0 Å². The molecule has 1 aliphatic carbocycles. The van der Waals surface area contributed by atoms with E-state index < -0.39 is 6.10 Å². The van der Waals surface area contributed by atoms with Crippen molar-refractivity contribution in [3.8, 4) is 0 Å². The van der Waals surface area contributed by atoms with E-state index >= 15 is 0 Å². The Hall–Kier alpha value is -1.33. The molecule has 32 heavy (non-hydrogen) atoms. The maximum Gasteiger partial charge on any atom is 0.191 e. The lowest BCUT2D eigenvalue weighted by molar-refractivity contribution is 0.168. The average molecular weight is 573 g/mol. The Morgan fingerprint density at radius 1 is 1.22 bits per heavy atom. The molecular formula is C23H37IN6OS. The molecule has 1 aromatic carbocycles. The third-order valence-electron chi connectivity index (χ3n) is 5.67. The summed E-state index contributed by atoms with van der Waals surface area (Å²) in [6, 6.07) is 10.3. The van der Waals surface area contributed by atoms with E-state index in [9.17, 15) is 5.11 Å². The van der Waals surface area contributed by atoms with Crippen LogP contribution >= 0.6 is 35.7 Å². The largest absolute Gasteiger partial charge is 0.388 e. The zero-order valence-corrected chi connectivity index (χ0v) is 22.3. The Labute approximate surface area is 213 Å². The van der Waals surface area contributed by atoms with Gasteiger partial charge in [0.2, 0.25) is 0 Å². The Balaban J connectivity index is 0.00000363. The second-order valence-corrected chi connectivity index (χ2v) is 8.69. The first-order valence-corrected chi connectivity index (χ1v) is 12.7. The van der Waals surface area contributed by atoms with Gasteiger partial charge in [-0.05, 0) is 44.4 Å². The number of aliphatic hydroxyl groups excluding tert-OH is 1. The van der Waals surface area contributed by atoms with Gasteiger partial charge in [-0.1, -0.05) is 54.9 Å². The van der Waals surface area contributed by atoms with Crippen LogP contribution in [0.4, 0.5) is 0 Å². The summed E-state index contributed by atoms with van der Waals surface area (Å²) in [5.74, 6) is 1.89. The lowest BCUT2D eigenvalue weighted by atomic mass is 10.1. The van der Waals surface area contributed by atoms with Crippen LogP contribution in [0.15, 0.2) is 40.5 Å². The highest BCUT2D eigenvalue weighted by Gasteiger charge is 2.23. The van der Waals surface area contributed by atoms with Crippen molar-refractivity contribution in [3.63, 3.8) is 0 Å². The van der Waals surface area contributed by atoms with Crippen LogP contribution < -0.4 is 10.6 Å². The summed E-state index contributed by atoms with van der Waals surface area (Å²) in [6.07, 6.45) is 9.14. The van der Waals surface area contributed by atoms with Crippen LogP contribution in [0, 0.1) is 0 Å². The van der Waals surface area contributed by atoms with Gasteiger partial charge in [0.1, 0.15) is 5.82 Å². The van der Waals surface area contributed by atoms with Crippen LogP contribution in [-0.2, 0) is 6.42 Å². The highest BCUT2D eigenvalue weighted by Crippen LogP contribution is 2.33. The minimum absolute atomic E-state index is 0. The van der Waals surface area contributed by atoms with Crippen LogP contribution in [0.2, 0.25) is 0 Å². The van der Waals surface area contributed by atoms with Crippen LogP contribution in [-0.4, -0.2) is 51.7 Å². The third kappa shape index (κ3) is 7.91. The predicted octanol–water partition coefficient (Wildman–Crippen LogP) is 4.34. The van der Waals surface area contributed by atoms with Crippen LogP contribution in [0.25, 0.3) is 0 Å². The van der Waals surface area contributed by atoms with Gasteiger partial charge < -0.3 is 20.3 Å². The summed E-state index contributed by atoms with van der Waals surface area (Å²) >= 11 is 1.68. The van der Waals surface area contributed by atoms with Crippen molar-refractivity contribution < 1.29 is 5.11 Å². The normalized spacial score (nSPS) is 15.4. The molecule has 0 spiro atoms. The molecule has 2 aromatic rings. The first-order valence-electron chi connectivity index (χ1n) is 11.5. The molecule has 0 amide bonds. The van der Waals surface area contributed by atoms with Gasteiger partial charge in [0.15, 0.2) is 11.1 Å². The van der Waals surface area contributed by atoms with Crippen LogP contribution in [0.3, 0.4) is 0 Å². The molecule has 1 atom stereocenters. The van der Waals surface area contributed by atoms with E-state index in [1.807, 2.05) is 30.3 Å². The molecule has 0 radical (unpaired) electrons. The van der Waals surface area contributed by atoms with Gasteiger partial charge in [-0.25, -0.2) is 0 Å². The van der Waals surface area contributed by atoms with Crippen molar-refractivity contribution >= 4 is 41.7 Å². The molecule has 1 heterocycles. The number of benzene rings is 1. The van der Waals surface area contributed by atoms with Gasteiger partial charge in [0.25, 0.3) is 0 Å². The number of guanidine groups is 1. The minimum atomic E-state index is -0.468. The highest BCUT2D eigenvalue weighted by molar-refractivity contribution is 14.0. The summed E-state index contributed by atoms with van der Waals surface area (Å²) in [4.78, 5) is 4.70. The number of aromatic nitrogens is 3. The molecular weight excluding hydrogens is 535 g/mol. The van der Waals surface area contributed by atoms with Gasteiger partial charge in [-0.15, -0.1) is 34.2 Å². The van der Waals surface area contributed by atoms with E-state index in [2.05, 4.69) is 38.6 Å². The Morgan fingerprint density at radius 3 is 2.66 bits per heavy atom. The zero-order chi connectivity index (χ0) is 21.9. The maximum atomic E-state index is 10.3. The van der Waals surface area contributed by atoms with Gasteiger partial charge in [-0.2, -0.15) is 0 Å². The van der Waals surface area contributed by atoms with Gasteiger partial charge in [0.05, 0.1) is 6.10 Å². The third-order valence-corrected chi connectivity index (χ3v) is 6.32. The number of rotatable bonds is 11. The molecule has 0 bridgehead atoms. The molecule has 1 saturated carbocycles. The summed E-state index contributed by atoms with van der Waals surface area (Å²) in [7, 11) is 0. The quantitative estimate of drug-likeness (QED) is 0.122. The summed E-state index contributed by atoms with van der Waals surface area (Å²) < 4.78 is 2.37. The van der Waals surface area contributed by atoms with Crippen molar-refractivity contribution in [1.29, 1.82) is 0 Å². The van der Waals surface area contributed by atoms with E-state index in [1.54, 1.807) is 11.8 Å². The Morgan fingerprint density at radius 2 is 1.97 bits per heavy atom. The fourth-order valence-corrected chi connectivity index (χ4v) is 4.66. The van der Waals surface area contributed by atoms with E-state index in [0.717, 1.165) is 48.4 Å². The van der Waals surface area contributed by atoms with Gasteiger partial charge in [0, 0.05) is 32.1 Å². The monoisotopic (exact) mass is 572 g/mol. The first kappa shape index (κ1) is 26.9. The van der Waals surface area contributed by atoms with Crippen molar-refractivity contribution in [3.05, 3.63) is 41.7 Å². The number of hydrogen-bond acceptors (Lipinski definition) is 5. The molecule has 1 aliphatic rings. The van der Waals surface area contributed by atoms with Crippen LogP contribution in [0.5, 0.6) is 0 Å². The molecule has 178 valence electrons. The van der Waals surface area contributed by atoms with E-state index in [1.165, 1.54) is 25.7 Å². The average Bonchev–Trinajstić information content (AvgIpc) is 3.46. The molecule has 1 aromatic heterocycles. The van der Waals surface area contributed by atoms with Gasteiger partial charge in [-0.3, -0.25) is 4.99 Å². The van der Waals surface area contributed by atoms with Crippen molar-refractivity contribution in [2.45, 2.75) is 69.2 Å². The van der Waals surface area contributed by atoms with E-state index in [-0.39, 0.29) is 24.0 Å². The number of aryl methyl sites for hydroxylation is 1. The standard InChI is InChI=1S/C23H36N6OS.HI/c1-3-24-22(26-17-15-20(30)18-10-5-4-6-11-18)25-16-9-14-21-27-28-23(31-2)29(21)19-12-7-8-13-19;/h4-6,10-11,19-20,30H,3,7-9,12-17H2,1-2H3,(H2,24,25,26);1H. The number of thioether (sulfide) groups is 1. The lowest BCUT2D eigenvalue weighted by Gasteiger charge is -2.16. The van der Waals surface area contributed by atoms with Crippen molar-refractivity contribution in [2.75, 3.05) is 25.9 Å². The maximum absolute atomic E-state index is 10.3. The zero-order valence-electron chi connectivity index (χ0n) is 19.2. The highest BCUT2D eigenvalue weighted by atomic mass is 127. The second kappa shape index (κ2) is 14.7. The molecule has 1 unspecified atom stereocenters. The number of aliphatic hydroxyl groups is 1. The molecule has 3 rings (SSSR count). The van der Waals surface area contributed by atoms with Gasteiger partial charge >= 0.3 is 0 Å². The molecule has 0 saturated heterocycles. The first-order chi connectivity index (χ1) is 15.2. The molecule has 1 fully saturated rings. The lowest BCUT2D eigenvalue weighted by Crippen LogP contribution is -2.38. The summed E-state index contributed by atoms with van der Waals surface area (Å²) in [6.45, 7) is 4.25. The fourth-order valence-electron chi connectivity index (χ4n) is 4.09. The molecule has 3 N–H and O–H groups in total. The second-order valence-electron chi connectivity index (χ2n) is 7.92. The summed E-state index contributed by atoms with van der Waals surface area (Å²) in [5.41, 5.74) is 0.947. The number of hydrogen-bond donors (Lipinski definition) is 3. The predicted molar refractivity (Wildman–Crippen MR) is 143 cm³/mol. The number of nitrogens with one attached hydrogen (secondary N) is 2. The molecule has 9 heteroatoms. The number of aliphatic imine (C=N–C) groups is 1. The smallest absolute Gasteiger partial charge is 0.191 e. The number of nitrogens with zero attached hydrogens (tertiary/aromatic N) is 4. The molecule has 0 aliphatic heterocycles. The fraction of sp³-hybridized carbons (Fsp3) is 0.609. The van der Waals surface area contributed by atoms with Crippen molar-refractivity contribution in [2.24, 2.45) is 4.99 Å². The topological polar surface area (TPSA) is 87.4 Å². The van der Waals surface area contributed by atoms with E-state index in [4.69, 9.17) is 4.99 Å². The minimum Gasteiger partial charge on any atom is -0.388 e. The Bertz CT molecular complexity index is 810. The Kier molecular flexibility index (Phi) is 12.4. The van der Waals surface area contributed by atoms with E-state index in [0.29, 0.717) is 19.0 Å². The SMILES string of the molecule is CCNC(=NCCCc1nnc(SC)n1C1CCCC1)NCCC(O)c1ccccc1.I.